The predicted molar refractivity (Wildman–Crippen MR) is 64.5 cm³/mol. The van der Waals surface area contributed by atoms with Gasteiger partial charge < -0.3 is 0 Å². The Labute approximate surface area is 95.5 Å². The van der Waals surface area contributed by atoms with Crippen molar-refractivity contribution in [1.82, 2.24) is 25.4 Å². The van der Waals surface area contributed by atoms with E-state index < -0.39 is 0 Å². The third-order valence-corrected chi connectivity index (χ3v) is 2.95. The van der Waals surface area contributed by atoms with Gasteiger partial charge in [0, 0.05) is 22.4 Å². The fraction of sp³-hybridized carbons (Fsp3) is 0. The second-order valence-electron chi connectivity index (χ2n) is 3.88. The average molecular weight is 221 g/mol. The summed E-state index contributed by atoms with van der Waals surface area (Å²) in [5.41, 5.74) is 2.69. The number of H-pyrrole nitrogens is 1. The Bertz CT molecular complexity index is 849. The summed E-state index contributed by atoms with van der Waals surface area (Å²) in [5, 5.41) is 14.1. The van der Waals surface area contributed by atoms with Crippen molar-refractivity contribution in [2.75, 3.05) is 0 Å². The van der Waals surface area contributed by atoms with Gasteiger partial charge in [-0.05, 0) is 12.1 Å². The molecule has 2 aromatic carbocycles. The number of rotatable bonds is 0. The van der Waals surface area contributed by atoms with E-state index in [0.29, 0.717) is 0 Å². The van der Waals surface area contributed by atoms with E-state index in [1.54, 1.807) is 6.33 Å². The Morgan fingerprint density at radius 1 is 0.882 bits per heavy atom. The van der Waals surface area contributed by atoms with E-state index in [-0.39, 0.29) is 0 Å². The summed E-state index contributed by atoms with van der Waals surface area (Å²) in [4.78, 5) is 8.36. The molecule has 4 rings (SSSR count). The lowest BCUT2D eigenvalue weighted by molar-refractivity contribution is 0.960. The van der Waals surface area contributed by atoms with Gasteiger partial charge in [0.1, 0.15) is 17.4 Å². The zero-order valence-electron chi connectivity index (χ0n) is 8.75. The predicted octanol–water partition coefficient (Wildman–Crippen LogP) is 2.05. The van der Waals surface area contributed by atoms with Crippen molar-refractivity contribution in [2.24, 2.45) is 0 Å². The van der Waals surface area contributed by atoms with E-state index in [2.05, 4.69) is 25.4 Å². The molecule has 2 heterocycles. The first-order valence-electron chi connectivity index (χ1n) is 5.25. The van der Waals surface area contributed by atoms with Crippen molar-refractivity contribution in [3.63, 3.8) is 0 Å². The minimum atomic E-state index is 0.867. The molecule has 2 aromatic heterocycles. The summed E-state index contributed by atoms with van der Waals surface area (Å²) in [6.07, 6.45) is 3.38. The van der Waals surface area contributed by atoms with E-state index in [1.807, 2.05) is 30.5 Å². The monoisotopic (exact) mass is 221 g/mol. The van der Waals surface area contributed by atoms with Gasteiger partial charge in [-0.15, -0.1) is 0 Å². The van der Waals surface area contributed by atoms with Gasteiger partial charge in [0.15, 0.2) is 0 Å². The summed E-state index contributed by atoms with van der Waals surface area (Å²) in [7, 11) is 0. The summed E-state index contributed by atoms with van der Waals surface area (Å²) < 4.78 is 0. The van der Waals surface area contributed by atoms with Crippen molar-refractivity contribution >= 4 is 32.7 Å². The molecule has 4 aromatic rings. The van der Waals surface area contributed by atoms with Gasteiger partial charge in [0.25, 0.3) is 0 Å². The van der Waals surface area contributed by atoms with Gasteiger partial charge in [-0.1, -0.05) is 12.1 Å². The van der Waals surface area contributed by atoms with Gasteiger partial charge in [-0.3, -0.25) is 0 Å². The molecule has 0 radical (unpaired) electrons. The van der Waals surface area contributed by atoms with Crippen LogP contribution >= 0.6 is 0 Å². The zero-order chi connectivity index (χ0) is 11.2. The van der Waals surface area contributed by atoms with Crippen molar-refractivity contribution in [1.29, 1.82) is 0 Å². The molecule has 5 heteroatoms. The number of aromatic nitrogens is 5. The third-order valence-electron chi connectivity index (χ3n) is 2.95. The molecule has 1 N–H and O–H groups in total. The van der Waals surface area contributed by atoms with Gasteiger partial charge in [-0.2, -0.15) is 15.4 Å². The number of hydrogen-bond donors (Lipinski definition) is 1. The molecule has 0 atom stereocenters. The van der Waals surface area contributed by atoms with Crippen LogP contribution in [0.4, 0.5) is 0 Å². The normalized spacial score (nSPS) is 11.5. The SMILES string of the molecule is c1ncc2ccc3c(ccc4n[nH]nc43)c2n1. The Balaban J connectivity index is 2.34. The van der Waals surface area contributed by atoms with Crippen LogP contribution in [0.2, 0.25) is 0 Å². The van der Waals surface area contributed by atoms with Crippen LogP contribution in [-0.4, -0.2) is 25.4 Å². The number of aromatic amines is 1. The molecule has 80 valence electrons. The quantitative estimate of drug-likeness (QED) is 0.461. The number of benzene rings is 2. The van der Waals surface area contributed by atoms with Crippen LogP contribution in [0.1, 0.15) is 0 Å². The topological polar surface area (TPSA) is 67.3 Å². The molecule has 0 aliphatic heterocycles. The number of fused-ring (bicyclic) bond motifs is 5. The summed E-state index contributed by atoms with van der Waals surface area (Å²) >= 11 is 0. The van der Waals surface area contributed by atoms with E-state index in [0.717, 1.165) is 32.7 Å². The van der Waals surface area contributed by atoms with Crippen LogP contribution in [0.3, 0.4) is 0 Å². The smallest absolute Gasteiger partial charge is 0.120 e. The van der Waals surface area contributed by atoms with E-state index in [1.165, 1.54) is 0 Å². The first kappa shape index (κ1) is 8.58. The van der Waals surface area contributed by atoms with Crippen molar-refractivity contribution in [3.8, 4) is 0 Å². The molecule has 0 amide bonds. The first-order chi connectivity index (χ1) is 8.43. The van der Waals surface area contributed by atoms with Gasteiger partial charge >= 0.3 is 0 Å². The minimum Gasteiger partial charge on any atom is -0.244 e. The van der Waals surface area contributed by atoms with Crippen molar-refractivity contribution in [2.45, 2.75) is 0 Å². The molecule has 0 aliphatic rings. The molecule has 0 spiro atoms. The Morgan fingerprint density at radius 2 is 1.76 bits per heavy atom. The van der Waals surface area contributed by atoms with Crippen LogP contribution in [0, 0.1) is 0 Å². The number of nitrogens with one attached hydrogen (secondary N) is 1. The lowest BCUT2D eigenvalue weighted by Gasteiger charge is -2.01. The van der Waals surface area contributed by atoms with Crippen molar-refractivity contribution in [3.05, 3.63) is 36.8 Å². The van der Waals surface area contributed by atoms with E-state index >= 15 is 0 Å². The fourth-order valence-corrected chi connectivity index (χ4v) is 2.17. The van der Waals surface area contributed by atoms with Gasteiger partial charge in [0.05, 0.1) is 5.52 Å². The molecular formula is C12H7N5. The van der Waals surface area contributed by atoms with Crippen LogP contribution in [0.5, 0.6) is 0 Å². The van der Waals surface area contributed by atoms with Crippen LogP contribution in [-0.2, 0) is 0 Å². The standard InChI is InChI=1S/C12H7N5/c1-2-9-8(11-7(1)5-13-6-14-11)3-4-10-12(9)16-17-15-10/h1-6H,(H,15,16,17). The second-order valence-corrected chi connectivity index (χ2v) is 3.88. The molecule has 0 fully saturated rings. The van der Waals surface area contributed by atoms with Crippen LogP contribution in [0.25, 0.3) is 32.7 Å². The summed E-state index contributed by atoms with van der Waals surface area (Å²) in [6, 6.07) is 8.01. The molecule has 0 aliphatic carbocycles. The van der Waals surface area contributed by atoms with E-state index in [9.17, 15) is 0 Å². The highest BCUT2D eigenvalue weighted by atomic mass is 15.3. The van der Waals surface area contributed by atoms with Gasteiger partial charge in [0.2, 0.25) is 0 Å². The molecule has 0 saturated heterocycles. The molecule has 5 nitrogen and oxygen atoms in total. The number of hydrogen-bond acceptors (Lipinski definition) is 4. The first-order valence-corrected chi connectivity index (χ1v) is 5.25. The molecule has 0 saturated carbocycles. The molecule has 0 unspecified atom stereocenters. The highest BCUT2D eigenvalue weighted by molar-refractivity contribution is 6.13. The largest absolute Gasteiger partial charge is 0.244 e. The number of nitrogens with zero attached hydrogens (tertiary/aromatic N) is 4. The average Bonchev–Trinajstić information content (AvgIpc) is 2.86. The van der Waals surface area contributed by atoms with E-state index in [4.69, 9.17) is 0 Å². The second kappa shape index (κ2) is 2.98. The van der Waals surface area contributed by atoms with Crippen LogP contribution in [0.15, 0.2) is 36.8 Å². The lowest BCUT2D eigenvalue weighted by atomic mass is 10.1. The maximum atomic E-state index is 4.33. The van der Waals surface area contributed by atoms with Crippen molar-refractivity contribution < 1.29 is 0 Å². The lowest BCUT2D eigenvalue weighted by Crippen LogP contribution is -1.84. The third kappa shape index (κ3) is 1.08. The highest BCUT2D eigenvalue weighted by Crippen LogP contribution is 2.27. The maximum absolute atomic E-state index is 4.33. The van der Waals surface area contributed by atoms with Crippen LogP contribution < -0.4 is 0 Å². The molecule has 0 bridgehead atoms. The highest BCUT2D eigenvalue weighted by Gasteiger charge is 2.07. The molecule has 17 heavy (non-hydrogen) atoms. The summed E-state index contributed by atoms with van der Waals surface area (Å²) in [5.74, 6) is 0. The zero-order valence-corrected chi connectivity index (χ0v) is 8.75. The summed E-state index contributed by atoms with van der Waals surface area (Å²) in [6.45, 7) is 0. The maximum Gasteiger partial charge on any atom is 0.120 e. The minimum absolute atomic E-state index is 0.867. The molecular weight excluding hydrogens is 214 g/mol. The Morgan fingerprint density at radius 3 is 2.76 bits per heavy atom. The van der Waals surface area contributed by atoms with Gasteiger partial charge in [-0.25, -0.2) is 9.97 Å². The Kier molecular flexibility index (Phi) is 1.50. The Hall–Kier alpha value is -2.56. The fourth-order valence-electron chi connectivity index (χ4n) is 2.17.